The second-order valence-corrected chi connectivity index (χ2v) is 10.2. The minimum Gasteiger partial charge on any atom is -0.507 e. The van der Waals surface area contributed by atoms with E-state index in [9.17, 15) is 14.7 Å². The van der Waals surface area contributed by atoms with Gasteiger partial charge in [-0.05, 0) is 63.2 Å². The third-order valence-electron chi connectivity index (χ3n) is 6.18. The number of carbonyl (C=O) groups is 2. The highest BCUT2D eigenvalue weighted by molar-refractivity contribution is 6.46. The zero-order valence-corrected chi connectivity index (χ0v) is 21.3. The lowest BCUT2D eigenvalue weighted by Gasteiger charge is -2.26. The minimum atomic E-state index is -0.651. The number of hydrogen-bond donors (Lipinski definition) is 1. The van der Waals surface area contributed by atoms with Crippen molar-refractivity contribution in [2.24, 2.45) is 0 Å². The van der Waals surface area contributed by atoms with Gasteiger partial charge in [0.25, 0.3) is 11.7 Å². The average Bonchev–Trinajstić information content (AvgIpc) is 3.02. The van der Waals surface area contributed by atoms with Crippen LogP contribution in [-0.2, 0) is 15.0 Å². The van der Waals surface area contributed by atoms with Crippen molar-refractivity contribution in [3.05, 3.63) is 70.3 Å². The van der Waals surface area contributed by atoms with Crippen LogP contribution < -0.4 is 4.74 Å². The Hall–Kier alpha value is -3.12. The van der Waals surface area contributed by atoms with Crippen molar-refractivity contribution in [2.75, 3.05) is 34.3 Å². The van der Waals surface area contributed by atoms with Gasteiger partial charge in [-0.2, -0.15) is 0 Å². The van der Waals surface area contributed by atoms with Crippen molar-refractivity contribution in [1.82, 2.24) is 9.80 Å². The molecule has 0 spiro atoms. The van der Waals surface area contributed by atoms with Gasteiger partial charge >= 0.3 is 0 Å². The molecule has 1 unspecified atom stereocenters. The van der Waals surface area contributed by atoms with E-state index in [2.05, 4.69) is 20.8 Å². The van der Waals surface area contributed by atoms with E-state index in [1.807, 2.05) is 56.3 Å². The van der Waals surface area contributed by atoms with Gasteiger partial charge in [0.1, 0.15) is 11.5 Å². The number of Topliss-reactive ketones (excluding diaryl/α,β-unsaturated/α-hetero) is 1. The van der Waals surface area contributed by atoms with Gasteiger partial charge in [-0.3, -0.25) is 9.59 Å². The SMILES string of the molecule is COc1ccc(/C(O)=C2/C(=O)C(=O)N(CCCN(C)C)C2c2cccc(C)c2)cc1C(C)(C)C. The number of amides is 1. The summed E-state index contributed by atoms with van der Waals surface area (Å²) >= 11 is 0. The van der Waals surface area contributed by atoms with Crippen molar-refractivity contribution in [3.8, 4) is 5.75 Å². The summed E-state index contributed by atoms with van der Waals surface area (Å²) in [6, 6.07) is 12.5. The smallest absolute Gasteiger partial charge is 0.295 e. The number of benzene rings is 2. The number of ketones is 1. The van der Waals surface area contributed by atoms with Crippen LogP contribution in [0.15, 0.2) is 48.0 Å². The molecule has 3 rings (SSSR count). The Bertz CT molecular complexity index is 1110. The van der Waals surface area contributed by atoms with Crippen molar-refractivity contribution < 1.29 is 19.4 Å². The Morgan fingerprint density at radius 3 is 2.41 bits per heavy atom. The number of likely N-dealkylation sites (tertiary alicyclic amines) is 1. The molecule has 1 aliphatic rings. The maximum atomic E-state index is 13.3. The lowest BCUT2D eigenvalue weighted by molar-refractivity contribution is -0.139. The quantitative estimate of drug-likeness (QED) is 0.366. The second-order valence-electron chi connectivity index (χ2n) is 10.2. The standard InChI is InChI=1S/C28H36N2O4/c1-18-10-8-11-19(16-18)24-23(26(32)27(33)30(24)15-9-14-29(5)6)25(31)20-12-13-22(34-7)21(17-20)28(2,3)4/h8,10-13,16-17,24,31H,9,14-15H2,1-7H3/b25-23-. The maximum absolute atomic E-state index is 13.3. The number of aliphatic hydroxyl groups excluding tert-OH is 1. The molecule has 1 N–H and O–H groups in total. The Labute approximate surface area is 202 Å². The average molecular weight is 465 g/mol. The largest absolute Gasteiger partial charge is 0.507 e. The van der Waals surface area contributed by atoms with Crippen LogP contribution in [0.1, 0.15) is 55.5 Å². The normalized spacial score (nSPS) is 18.1. The molecule has 0 bridgehead atoms. The summed E-state index contributed by atoms with van der Waals surface area (Å²) in [6.07, 6.45) is 0.721. The molecule has 0 saturated carbocycles. The summed E-state index contributed by atoms with van der Waals surface area (Å²) in [5, 5.41) is 11.4. The molecule has 182 valence electrons. The molecule has 1 aliphatic heterocycles. The van der Waals surface area contributed by atoms with Gasteiger partial charge in [-0.25, -0.2) is 0 Å². The molecule has 34 heavy (non-hydrogen) atoms. The Kier molecular flexibility index (Phi) is 7.51. The van der Waals surface area contributed by atoms with Crippen molar-refractivity contribution in [2.45, 2.75) is 45.6 Å². The third-order valence-corrected chi connectivity index (χ3v) is 6.18. The molecule has 1 atom stereocenters. The Morgan fingerprint density at radius 2 is 1.82 bits per heavy atom. The summed E-state index contributed by atoms with van der Waals surface area (Å²) in [7, 11) is 5.56. The van der Waals surface area contributed by atoms with Gasteiger partial charge < -0.3 is 19.6 Å². The first-order valence-corrected chi connectivity index (χ1v) is 11.6. The monoisotopic (exact) mass is 464 g/mol. The molecular formula is C28H36N2O4. The molecule has 0 aromatic heterocycles. The van der Waals surface area contributed by atoms with Crippen LogP contribution in [0.4, 0.5) is 0 Å². The van der Waals surface area contributed by atoms with E-state index in [-0.39, 0.29) is 16.7 Å². The Balaban J connectivity index is 2.17. The fraction of sp³-hybridized carbons (Fsp3) is 0.429. The van der Waals surface area contributed by atoms with E-state index in [0.717, 1.165) is 29.7 Å². The predicted molar refractivity (Wildman–Crippen MR) is 135 cm³/mol. The number of nitrogens with zero attached hydrogens (tertiary/aromatic N) is 2. The number of carbonyl (C=O) groups excluding carboxylic acids is 2. The van der Waals surface area contributed by atoms with Gasteiger partial charge in [0.2, 0.25) is 0 Å². The first-order chi connectivity index (χ1) is 16.0. The zero-order chi connectivity index (χ0) is 25.2. The van der Waals surface area contributed by atoms with Crippen LogP contribution >= 0.6 is 0 Å². The number of ether oxygens (including phenoxy) is 1. The third kappa shape index (κ3) is 5.17. The summed E-state index contributed by atoms with van der Waals surface area (Å²) in [5.41, 5.74) is 3.13. The molecule has 0 radical (unpaired) electrons. The molecule has 1 heterocycles. The lowest BCUT2D eigenvalue weighted by atomic mass is 9.84. The number of aryl methyl sites for hydroxylation is 1. The number of aliphatic hydroxyl groups is 1. The van der Waals surface area contributed by atoms with Gasteiger partial charge in [0.05, 0.1) is 18.7 Å². The molecule has 1 fully saturated rings. The van der Waals surface area contributed by atoms with Crippen molar-refractivity contribution in [1.29, 1.82) is 0 Å². The molecule has 1 saturated heterocycles. The lowest BCUT2D eigenvalue weighted by Crippen LogP contribution is -2.32. The van der Waals surface area contributed by atoms with Crippen molar-refractivity contribution >= 4 is 17.4 Å². The summed E-state index contributed by atoms with van der Waals surface area (Å²) in [4.78, 5) is 30.0. The van der Waals surface area contributed by atoms with E-state index >= 15 is 0 Å². The summed E-state index contributed by atoms with van der Waals surface area (Å²) < 4.78 is 5.52. The van der Waals surface area contributed by atoms with Crippen molar-refractivity contribution in [3.63, 3.8) is 0 Å². The fourth-order valence-electron chi connectivity index (χ4n) is 4.45. The van der Waals surface area contributed by atoms with Crippen LogP contribution in [0.3, 0.4) is 0 Å². The number of rotatable bonds is 7. The topological polar surface area (TPSA) is 70.1 Å². The number of hydrogen-bond acceptors (Lipinski definition) is 5. The summed E-state index contributed by atoms with van der Waals surface area (Å²) in [5.74, 6) is -0.671. The minimum absolute atomic E-state index is 0.130. The van der Waals surface area contributed by atoms with Crippen LogP contribution in [0.25, 0.3) is 5.76 Å². The van der Waals surface area contributed by atoms with Crippen LogP contribution in [0.5, 0.6) is 5.75 Å². The number of methoxy groups -OCH3 is 1. The highest BCUT2D eigenvalue weighted by Gasteiger charge is 2.45. The van der Waals surface area contributed by atoms with E-state index in [4.69, 9.17) is 4.74 Å². The molecule has 2 aromatic rings. The molecule has 6 heteroatoms. The van der Waals surface area contributed by atoms with E-state index < -0.39 is 17.7 Å². The predicted octanol–water partition coefficient (Wildman–Crippen LogP) is 4.67. The molecule has 6 nitrogen and oxygen atoms in total. The second kappa shape index (κ2) is 10.0. The van der Waals surface area contributed by atoms with Gasteiger partial charge in [-0.1, -0.05) is 50.6 Å². The fourth-order valence-corrected chi connectivity index (χ4v) is 4.45. The van der Waals surface area contributed by atoms with E-state index in [1.54, 1.807) is 24.1 Å². The molecular weight excluding hydrogens is 428 g/mol. The van der Waals surface area contributed by atoms with Crippen LogP contribution in [-0.4, -0.2) is 60.9 Å². The van der Waals surface area contributed by atoms with Crippen LogP contribution in [0.2, 0.25) is 0 Å². The Morgan fingerprint density at radius 1 is 1.12 bits per heavy atom. The van der Waals surface area contributed by atoms with E-state index in [0.29, 0.717) is 17.9 Å². The molecule has 2 aromatic carbocycles. The van der Waals surface area contributed by atoms with Gasteiger partial charge in [0, 0.05) is 17.7 Å². The molecule has 0 aliphatic carbocycles. The molecule has 1 amide bonds. The van der Waals surface area contributed by atoms with Crippen LogP contribution in [0, 0.1) is 6.92 Å². The first kappa shape index (κ1) is 25.5. The highest BCUT2D eigenvalue weighted by Crippen LogP contribution is 2.41. The zero-order valence-electron chi connectivity index (χ0n) is 21.3. The first-order valence-electron chi connectivity index (χ1n) is 11.6. The van der Waals surface area contributed by atoms with Gasteiger partial charge in [-0.15, -0.1) is 0 Å². The summed E-state index contributed by atoms with van der Waals surface area (Å²) in [6.45, 7) is 9.37. The maximum Gasteiger partial charge on any atom is 0.295 e. The van der Waals surface area contributed by atoms with E-state index in [1.165, 1.54) is 0 Å². The highest BCUT2D eigenvalue weighted by atomic mass is 16.5. The van der Waals surface area contributed by atoms with Gasteiger partial charge in [0.15, 0.2) is 0 Å².